The van der Waals surface area contributed by atoms with E-state index in [0.717, 1.165) is 36.0 Å². The molecular weight excluding hydrogens is 248 g/mol. The zero-order chi connectivity index (χ0) is 14.7. The number of phenolic OH excluding ortho intramolecular Hbond substituents is 2. The third-order valence-electron chi connectivity index (χ3n) is 3.80. The monoisotopic (exact) mass is 270 g/mol. The van der Waals surface area contributed by atoms with Crippen LogP contribution in [0.2, 0.25) is 0 Å². The molecule has 0 atom stereocenters. The molecule has 0 spiro atoms. The molecule has 2 rings (SSSR count). The van der Waals surface area contributed by atoms with Gasteiger partial charge in [-0.2, -0.15) is 0 Å². The summed E-state index contributed by atoms with van der Waals surface area (Å²) in [6, 6.07) is 9.75. The van der Waals surface area contributed by atoms with Gasteiger partial charge in [0.05, 0.1) is 5.56 Å². The first-order valence-corrected chi connectivity index (χ1v) is 7.27. The molecule has 2 aromatic carbocycles. The quantitative estimate of drug-likeness (QED) is 0.861. The summed E-state index contributed by atoms with van der Waals surface area (Å²) in [5.74, 6) is 0.314. The van der Waals surface area contributed by atoms with Crippen molar-refractivity contribution in [1.82, 2.24) is 0 Å². The Bertz CT molecular complexity index is 592. The molecule has 2 aromatic rings. The number of aromatic hydroxyl groups is 2. The number of hydrogen-bond donors (Lipinski definition) is 2. The van der Waals surface area contributed by atoms with Crippen molar-refractivity contribution >= 4 is 0 Å². The van der Waals surface area contributed by atoms with Gasteiger partial charge in [-0.25, -0.2) is 0 Å². The second-order valence-corrected chi connectivity index (χ2v) is 5.06. The number of benzene rings is 2. The molecule has 0 unspecified atom stereocenters. The Morgan fingerprint density at radius 3 is 1.85 bits per heavy atom. The van der Waals surface area contributed by atoms with Crippen molar-refractivity contribution in [3.05, 3.63) is 47.0 Å². The molecule has 0 bridgehead atoms. The Balaban J connectivity index is 2.67. The average Bonchev–Trinajstić information content (AvgIpc) is 2.46. The van der Waals surface area contributed by atoms with E-state index in [1.807, 2.05) is 6.92 Å². The van der Waals surface area contributed by atoms with Gasteiger partial charge in [-0.05, 0) is 53.6 Å². The van der Waals surface area contributed by atoms with E-state index in [1.54, 1.807) is 12.1 Å². The number of phenols is 2. The predicted molar refractivity (Wildman–Crippen MR) is 83.3 cm³/mol. The lowest BCUT2D eigenvalue weighted by Crippen LogP contribution is -1.93. The zero-order valence-corrected chi connectivity index (χ0v) is 12.4. The minimum atomic E-state index is 0.157. The number of rotatable bonds is 4. The summed E-state index contributed by atoms with van der Waals surface area (Å²) in [6.45, 7) is 6.19. The maximum atomic E-state index is 10.3. The third-order valence-corrected chi connectivity index (χ3v) is 3.80. The van der Waals surface area contributed by atoms with Gasteiger partial charge in [0.2, 0.25) is 0 Å². The van der Waals surface area contributed by atoms with Crippen LogP contribution in [0.1, 0.15) is 37.5 Å². The minimum absolute atomic E-state index is 0.157. The lowest BCUT2D eigenvalue weighted by molar-refractivity contribution is 0.453. The van der Waals surface area contributed by atoms with Crippen molar-refractivity contribution in [2.45, 2.75) is 40.0 Å². The smallest absolute Gasteiger partial charge is 0.127 e. The molecule has 0 aliphatic heterocycles. The maximum Gasteiger partial charge on any atom is 0.127 e. The standard InChI is InChI=1S/C18H22O2/c1-4-12-7-8-14(6-3)15(9-12)18-16(19)10-13(5-2)11-17(18)20/h7-11,19-20H,4-6H2,1-3H3. The molecule has 106 valence electrons. The van der Waals surface area contributed by atoms with Gasteiger partial charge in [-0.15, -0.1) is 0 Å². The Morgan fingerprint density at radius 2 is 1.35 bits per heavy atom. The van der Waals surface area contributed by atoms with Gasteiger partial charge in [0, 0.05) is 0 Å². The summed E-state index contributed by atoms with van der Waals surface area (Å²) >= 11 is 0. The summed E-state index contributed by atoms with van der Waals surface area (Å²) in [7, 11) is 0. The Morgan fingerprint density at radius 1 is 0.750 bits per heavy atom. The van der Waals surface area contributed by atoms with Crippen LogP contribution in [0.4, 0.5) is 0 Å². The van der Waals surface area contributed by atoms with Gasteiger partial charge in [0.15, 0.2) is 0 Å². The van der Waals surface area contributed by atoms with Gasteiger partial charge in [0.25, 0.3) is 0 Å². The van der Waals surface area contributed by atoms with E-state index in [0.29, 0.717) is 5.56 Å². The lowest BCUT2D eigenvalue weighted by Gasteiger charge is -2.14. The van der Waals surface area contributed by atoms with Gasteiger partial charge in [-0.3, -0.25) is 0 Å². The predicted octanol–water partition coefficient (Wildman–Crippen LogP) is 4.45. The molecule has 0 aromatic heterocycles. The van der Waals surface area contributed by atoms with Crippen molar-refractivity contribution in [3.8, 4) is 22.6 Å². The van der Waals surface area contributed by atoms with Crippen LogP contribution in [-0.4, -0.2) is 10.2 Å². The topological polar surface area (TPSA) is 40.5 Å². The number of hydrogen-bond acceptors (Lipinski definition) is 2. The highest BCUT2D eigenvalue weighted by atomic mass is 16.3. The molecule has 0 fully saturated rings. The highest BCUT2D eigenvalue weighted by Gasteiger charge is 2.15. The summed E-state index contributed by atoms with van der Waals surface area (Å²) in [5.41, 5.74) is 4.76. The van der Waals surface area contributed by atoms with E-state index >= 15 is 0 Å². The van der Waals surface area contributed by atoms with Crippen molar-refractivity contribution in [3.63, 3.8) is 0 Å². The van der Waals surface area contributed by atoms with Crippen LogP contribution in [0.25, 0.3) is 11.1 Å². The van der Waals surface area contributed by atoms with E-state index < -0.39 is 0 Å². The Labute approximate surface area is 120 Å². The van der Waals surface area contributed by atoms with E-state index in [9.17, 15) is 10.2 Å². The highest BCUT2D eigenvalue weighted by molar-refractivity contribution is 5.79. The molecule has 0 radical (unpaired) electrons. The molecule has 0 saturated carbocycles. The van der Waals surface area contributed by atoms with Crippen LogP contribution < -0.4 is 0 Å². The molecule has 20 heavy (non-hydrogen) atoms. The van der Waals surface area contributed by atoms with Gasteiger partial charge in [-0.1, -0.05) is 39.0 Å². The fourth-order valence-electron chi connectivity index (χ4n) is 2.53. The Hall–Kier alpha value is -1.96. The SMILES string of the molecule is CCc1cc(O)c(-c2cc(CC)ccc2CC)c(O)c1. The first-order chi connectivity index (χ1) is 9.60. The lowest BCUT2D eigenvalue weighted by atomic mass is 9.93. The van der Waals surface area contributed by atoms with Crippen molar-refractivity contribution in [1.29, 1.82) is 0 Å². The van der Waals surface area contributed by atoms with E-state index in [1.165, 1.54) is 5.56 Å². The molecule has 2 nitrogen and oxygen atoms in total. The molecule has 0 aliphatic rings. The average molecular weight is 270 g/mol. The molecule has 0 aliphatic carbocycles. The van der Waals surface area contributed by atoms with Crippen LogP contribution in [0, 0.1) is 0 Å². The van der Waals surface area contributed by atoms with Gasteiger partial charge in [0.1, 0.15) is 11.5 Å². The highest BCUT2D eigenvalue weighted by Crippen LogP contribution is 2.40. The summed E-state index contributed by atoms with van der Waals surface area (Å²) in [5, 5.41) is 20.6. The zero-order valence-electron chi connectivity index (χ0n) is 12.4. The fourth-order valence-corrected chi connectivity index (χ4v) is 2.53. The molecule has 0 saturated heterocycles. The third kappa shape index (κ3) is 2.64. The fraction of sp³-hybridized carbons (Fsp3) is 0.333. The summed E-state index contributed by atoms with van der Waals surface area (Å²) in [6.07, 6.45) is 2.59. The molecular formula is C18H22O2. The van der Waals surface area contributed by atoms with Crippen molar-refractivity contribution in [2.75, 3.05) is 0 Å². The molecule has 2 N–H and O–H groups in total. The van der Waals surface area contributed by atoms with E-state index in [4.69, 9.17) is 0 Å². The summed E-state index contributed by atoms with van der Waals surface area (Å²) in [4.78, 5) is 0. The first kappa shape index (κ1) is 14.4. The summed E-state index contributed by atoms with van der Waals surface area (Å²) < 4.78 is 0. The van der Waals surface area contributed by atoms with Crippen LogP contribution in [-0.2, 0) is 19.3 Å². The number of aryl methyl sites for hydroxylation is 3. The molecule has 0 heterocycles. The maximum absolute atomic E-state index is 10.3. The molecule has 2 heteroatoms. The largest absolute Gasteiger partial charge is 0.507 e. The second-order valence-electron chi connectivity index (χ2n) is 5.06. The van der Waals surface area contributed by atoms with Crippen molar-refractivity contribution in [2.24, 2.45) is 0 Å². The van der Waals surface area contributed by atoms with E-state index in [-0.39, 0.29) is 11.5 Å². The first-order valence-electron chi connectivity index (χ1n) is 7.27. The molecule has 0 amide bonds. The van der Waals surface area contributed by atoms with Crippen LogP contribution in [0.3, 0.4) is 0 Å². The normalized spacial score (nSPS) is 10.8. The van der Waals surface area contributed by atoms with E-state index in [2.05, 4.69) is 32.0 Å². The Kier molecular flexibility index (Phi) is 4.33. The van der Waals surface area contributed by atoms with Crippen LogP contribution in [0.5, 0.6) is 11.5 Å². The van der Waals surface area contributed by atoms with Crippen LogP contribution in [0.15, 0.2) is 30.3 Å². The van der Waals surface area contributed by atoms with Gasteiger partial charge >= 0.3 is 0 Å². The second kappa shape index (κ2) is 6.00. The van der Waals surface area contributed by atoms with Gasteiger partial charge < -0.3 is 10.2 Å². The van der Waals surface area contributed by atoms with Crippen molar-refractivity contribution < 1.29 is 10.2 Å². The van der Waals surface area contributed by atoms with Crippen LogP contribution >= 0.6 is 0 Å². The minimum Gasteiger partial charge on any atom is -0.507 e.